The van der Waals surface area contributed by atoms with E-state index in [0.717, 1.165) is 4.88 Å². The van der Waals surface area contributed by atoms with Crippen molar-refractivity contribution in [1.82, 2.24) is 4.57 Å². The molecule has 0 amide bonds. The highest BCUT2D eigenvalue weighted by Gasteiger charge is 2.20. The molecule has 1 heterocycles. The van der Waals surface area contributed by atoms with Gasteiger partial charge >= 0.3 is 5.97 Å². The predicted octanol–water partition coefficient (Wildman–Crippen LogP) is 2.83. The van der Waals surface area contributed by atoms with Crippen LogP contribution in [0.15, 0.2) is 0 Å². The molecule has 2 N–H and O–H groups in total. The molecule has 1 aromatic heterocycles. The summed E-state index contributed by atoms with van der Waals surface area (Å²) in [6, 6.07) is 0. The van der Waals surface area contributed by atoms with Gasteiger partial charge in [-0.2, -0.15) is 0 Å². The Balaban J connectivity index is 3.16. The number of aliphatic carboxylic acids is 1. The van der Waals surface area contributed by atoms with Crippen LogP contribution in [0.1, 0.15) is 31.6 Å². The molecule has 6 heteroatoms. The van der Waals surface area contributed by atoms with Crippen molar-refractivity contribution >= 4 is 29.5 Å². The molecule has 0 aliphatic carbocycles. The third-order valence-electron chi connectivity index (χ3n) is 2.60. The highest BCUT2D eigenvalue weighted by molar-refractivity contribution is 7.73. The zero-order valence-electron chi connectivity index (χ0n) is 9.43. The maximum Gasteiger partial charge on any atom is 0.323 e. The van der Waals surface area contributed by atoms with Crippen LogP contribution in [0.25, 0.3) is 0 Å². The Hall–Kier alpha value is -0.880. The monoisotopic (exact) mass is 261 g/mol. The van der Waals surface area contributed by atoms with Crippen molar-refractivity contribution in [3.63, 3.8) is 0 Å². The average molecular weight is 261 g/mol. The summed E-state index contributed by atoms with van der Waals surface area (Å²) in [7, 11) is 0. The molecule has 4 nitrogen and oxygen atoms in total. The molecule has 0 aliphatic heterocycles. The van der Waals surface area contributed by atoms with E-state index in [0.29, 0.717) is 9.87 Å². The Morgan fingerprint density at radius 3 is 2.50 bits per heavy atom. The molecule has 1 atom stereocenters. The number of carboxylic acids is 1. The lowest BCUT2D eigenvalue weighted by atomic mass is 9.97. The lowest BCUT2D eigenvalue weighted by Gasteiger charge is -2.13. The molecule has 0 fully saturated rings. The third-order valence-corrected chi connectivity index (χ3v) is 4.24. The molecule has 0 radical (unpaired) electrons. The number of carbonyl (C=O) groups is 1. The average Bonchev–Trinajstić information content (AvgIpc) is 2.44. The number of thiazole rings is 1. The van der Waals surface area contributed by atoms with Crippen LogP contribution in [-0.4, -0.2) is 20.7 Å². The Bertz CT molecular complexity index is 447. The second-order valence-corrected chi connectivity index (χ2v) is 5.74. The van der Waals surface area contributed by atoms with E-state index in [9.17, 15) is 9.90 Å². The third kappa shape index (κ3) is 2.62. The summed E-state index contributed by atoms with van der Waals surface area (Å²) in [4.78, 5) is 11.4. The minimum atomic E-state index is -1.01. The van der Waals surface area contributed by atoms with Gasteiger partial charge in [0, 0.05) is 0 Å². The van der Waals surface area contributed by atoms with Gasteiger partial charge in [-0.05, 0) is 24.1 Å². The van der Waals surface area contributed by atoms with E-state index < -0.39 is 5.97 Å². The minimum absolute atomic E-state index is 0.00130. The lowest BCUT2D eigenvalue weighted by molar-refractivity contribution is -0.137. The van der Waals surface area contributed by atoms with Crippen molar-refractivity contribution in [2.45, 2.75) is 33.2 Å². The van der Waals surface area contributed by atoms with E-state index in [-0.39, 0.29) is 18.3 Å². The molecule has 1 aromatic rings. The largest absolute Gasteiger partial charge is 0.494 e. The molecule has 0 saturated heterocycles. The van der Waals surface area contributed by atoms with Gasteiger partial charge < -0.3 is 10.2 Å². The van der Waals surface area contributed by atoms with Gasteiger partial charge in [0.15, 0.2) is 3.95 Å². The Morgan fingerprint density at radius 2 is 2.06 bits per heavy atom. The second kappa shape index (κ2) is 4.97. The van der Waals surface area contributed by atoms with Gasteiger partial charge in [-0.1, -0.05) is 20.8 Å². The van der Waals surface area contributed by atoms with Crippen molar-refractivity contribution in [3.05, 3.63) is 8.83 Å². The number of carboxylic acid groups (broad SMARTS) is 1. The highest BCUT2D eigenvalue weighted by atomic mass is 32.1. The first kappa shape index (κ1) is 13.2. The van der Waals surface area contributed by atoms with E-state index in [1.54, 1.807) is 0 Å². The van der Waals surface area contributed by atoms with Crippen LogP contribution in [-0.2, 0) is 11.3 Å². The molecule has 1 unspecified atom stereocenters. The van der Waals surface area contributed by atoms with Gasteiger partial charge in [0.2, 0.25) is 5.88 Å². The molecule has 0 aromatic carbocycles. The van der Waals surface area contributed by atoms with Gasteiger partial charge in [-0.25, -0.2) is 0 Å². The number of aromatic nitrogens is 1. The van der Waals surface area contributed by atoms with Crippen LogP contribution in [0.3, 0.4) is 0 Å². The van der Waals surface area contributed by atoms with Gasteiger partial charge in [0.05, 0.1) is 4.88 Å². The molecule has 1 rings (SSSR count). The minimum Gasteiger partial charge on any atom is -0.494 e. The van der Waals surface area contributed by atoms with E-state index in [2.05, 4.69) is 13.8 Å². The zero-order chi connectivity index (χ0) is 12.5. The fraction of sp³-hybridized carbons (Fsp3) is 0.600. The van der Waals surface area contributed by atoms with Crippen LogP contribution in [0, 0.1) is 9.87 Å². The van der Waals surface area contributed by atoms with Crippen molar-refractivity contribution < 1.29 is 15.0 Å². The highest BCUT2D eigenvalue weighted by Crippen LogP contribution is 2.36. The maximum atomic E-state index is 10.6. The molecule has 16 heavy (non-hydrogen) atoms. The standard InChI is InChI=1S/C10H15NO3S2/c1-5(2)6(3)8-9(14)11(4-7(12)13)10(15)16-8/h5-6,14H,4H2,1-3H3,(H,12,13). The maximum absolute atomic E-state index is 10.6. The fourth-order valence-electron chi connectivity index (χ4n) is 1.29. The smallest absolute Gasteiger partial charge is 0.323 e. The van der Waals surface area contributed by atoms with Gasteiger partial charge in [-0.3, -0.25) is 9.36 Å². The zero-order valence-corrected chi connectivity index (χ0v) is 11.1. The Morgan fingerprint density at radius 1 is 1.50 bits per heavy atom. The second-order valence-electron chi connectivity index (χ2n) is 4.07. The molecular weight excluding hydrogens is 246 g/mol. The Kier molecular flexibility index (Phi) is 4.09. The summed E-state index contributed by atoms with van der Waals surface area (Å²) in [5.74, 6) is -0.467. The summed E-state index contributed by atoms with van der Waals surface area (Å²) in [5.41, 5.74) is 0. The molecular formula is C10H15NO3S2. The first-order valence-electron chi connectivity index (χ1n) is 4.98. The summed E-state index contributed by atoms with van der Waals surface area (Å²) in [5, 5.41) is 18.6. The molecule has 90 valence electrons. The molecule has 0 bridgehead atoms. The number of hydrogen-bond donors (Lipinski definition) is 2. The van der Waals surface area contributed by atoms with Crippen LogP contribution >= 0.6 is 23.6 Å². The van der Waals surface area contributed by atoms with Crippen molar-refractivity contribution in [2.24, 2.45) is 5.92 Å². The van der Waals surface area contributed by atoms with Crippen molar-refractivity contribution in [3.8, 4) is 5.88 Å². The van der Waals surface area contributed by atoms with Crippen molar-refractivity contribution in [1.29, 1.82) is 0 Å². The predicted molar refractivity (Wildman–Crippen MR) is 65.7 cm³/mol. The normalized spacial score (nSPS) is 13.0. The van der Waals surface area contributed by atoms with E-state index >= 15 is 0 Å². The quantitative estimate of drug-likeness (QED) is 0.818. The van der Waals surface area contributed by atoms with Gasteiger partial charge in [0.1, 0.15) is 6.54 Å². The number of aromatic hydroxyl groups is 1. The summed E-state index contributed by atoms with van der Waals surface area (Å²) in [6.45, 7) is 5.81. The van der Waals surface area contributed by atoms with Gasteiger partial charge in [0.25, 0.3) is 0 Å². The Labute approximate surface area is 103 Å². The van der Waals surface area contributed by atoms with Crippen LogP contribution in [0.5, 0.6) is 5.88 Å². The summed E-state index contributed by atoms with van der Waals surface area (Å²) < 4.78 is 1.67. The molecule has 0 saturated carbocycles. The topological polar surface area (TPSA) is 62.5 Å². The van der Waals surface area contributed by atoms with Crippen LogP contribution in [0.4, 0.5) is 0 Å². The number of rotatable bonds is 4. The first-order valence-corrected chi connectivity index (χ1v) is 6.21. The first-order chi connectivity index (χ1) is 7.34. The molecule has 0 aliphatic rings. The number of nitrogens with zero attached hydrogens (tertiary/aromatic N) is 1. The molecule has 0 spiro atoms. The summed E-state index contributed by atoms with van der Waals surface area (Å²) >= 11 is 6.33. The summed E-state index contributed by atoms with van der Waals surface area (Å²) in [6.07, 6.45) is 0. The van der Waals surface area contributed by atoms with E-state index in [1.807, 2.05) is 6.92 Å². The van der Waals surface area contributed by atoms with Crippen LogP contribution < -0.4 is 0 Å². The fourth-order valence-corrected chi connectivity index (χ4v) is 2.82. The van der Waals surface area contributed by atoms with Gasteiger partial charge in [-0.15, -0.1) is 11.3 Å². The van der Waals surface area contributed by atoms with Crippen molar-refractivity contribution in [2.75, 3.05) is 0 Å². The number of hydrogen-bond acceptors (Lipinski definition) is 4. The lowest BCUT2D eigenvalue weighted by Crippen LogP contribution is -2.08. The van der Waals surface area contributed by atoms with E-state index in [1.165, 1.54) is 15.9 Å². The van der Waals surface area contributed by atoms with E-state index in [4.69, 9.17) is 17.3 Å². The van der Waals surface area contributed by atoms with Crippen LogP contribution in [0.2, 0.25) is 0 Å². The SMILES string of the molecule is CC(C)C(C)c1sc(=S)n(CC(=O)O)c1O.